The highest BCUT2D eigenvalue weighted by Crippen LogP contribution is 2.14. The molecule has 1 atom stereocenters. The van der Waals surface area contributed by atoms with Gasteiger partial charge in [0.05, 0.1) is 0 Å². The van der Waals surface area contributed by atoms with Crippen molar-refractivity contribution in [1.82, 2.24) is 10.2 Å². The summed E-state index contributed by atoms with van der Waals surface area (Å²) in [6.07, 6.45) is 1.21. The lowest BCUT2D eigenvalue weighted by atomic mass is 10.1. The maximum Gasteiger partial charge on any atom is 0.332 e. The summed E-state index contributed by atoms with van der Waals surface area (Å²) in [6.45, 7) is 10.3. The molecule has 0 aromatic heterocycles. The second-order valence-corrected chi connectivity index (χ2v) is 4.09. The summed E-state index contributed by atoms with van der Waals surface area (Å²) in [5.41, 5.74) is 0.236. The summed E-state index contributed by atoms with van der Waals surface area (Å²) in [4.78, 5) is 12.9. The minimum Gasteiger partial charge on any atom is -0.478 e. The normalized spacial score (nSPS) is 21.8. The molecule has 1 aliphatic heterocycles. The summed E-state index contributed by atoms with van der Waals surface area (Å²) in [7, 11) is 0. The fourth-order valence-corrected chi connectivity index (χ4v) is 1.87. The predicted molar refractivity (Wildman–Crippen MR) is 59.9 cm³/mol. The molecular formula is C11H20N2O2. The van der Waals surface area contributed by atoms with Gasteiger partial charge in [-0.15, -0.1) is 0 Å². The largest absolute Gasteiger partial charge is 0.478 e. The number of hydrogen-bond acceptors (Lipinski definition) is 3. The molecule has 86 valence electrons. The Balaban J connectivity index is 2.11. The van der Waals surface area contributed by atoms with Gasteiger partial charge in [-0.25, -0.2) is 4.79 Å². The van der Waals surface area contributed by atoms with Crippen LogP contribution >= 0.6 is 0 Å². The summed E-state index contributed by atoms with van der Waals surface area (Å²) < 4.78 is 0. The molecule has 1 rings (SSSR count). The molecule has 0 radical (unpaired) electrons. The molecule has 1 fully saturated rings. The van der Waals surface area contributed by atoms with Crippen molar-refractivity contribution in [3.63, 3.8) is 0 Å². The molecule has 4 nitrogen and oxygen atoms in total. The van der Waals surface area contributed by atoms with E-state index in [-0.39, 0.29) is 5.57 Å². The Hall–Kier alpha value is -0.870. The van der Waals surface area contributed by atoms with E-state index in [0.717, 1.165) is 19.6 Å². The fourth-order valence-electron chi connectivity index (χ4n) is 1.87. The Kier molecular flexibility index (Phi) is 4.78. The van der Waals surface area contributed by atoms with Crippen LogP contribution in [-0.2, 0) is 4.79 Å². The number of nitrogens with one attached hydrogen (secondary N) is 1. The first-order chi connectivity index (χ1) is 7.13. The van der Waals surface area contributed by atoms with Gasteiger partial charge >= 0.3 is 5.97 Å². The summed E-state index contributed by atoms with van der Waals surface area (Å²) in [6, 6.07) is 0. The van der Waals surface area contributed by atoms with Crippen molar-refractivity contribution in [2.75, 3.05) is 32.7 Å². The summed E-state index contributed by atoms with van der Waals surface area (Å²) >= 11 is 0. The molecule has 1 saturated heterocycles. The van der Waals surface area contributed by atoms with Gasteiger partial charge < -0.3 is 15.3 Å². The fraction of sp³-hybridized carbons (Fsp3) is 0.727. The molecule has 0 bridgehead atoms. The zero-order chi connectivity index (χ0) is 11.3. The Morgan fingerprint density at radius 2 is 2.40 bits per heavy atom. The predicted octanol–water partition coefficient (Wildman–Crippen LogP) is 0.559. The van der Waals surface area contributed by atoms with Crippen molar-refractivity contribution in [3.8, 4) is 0 Å². The Morgan fingerprint density at radius 1 is 1.67 bits per heavy atom. The maximum absolute atomic E-state index is 10.5. The average Bonchev–Trinajstić information content (AvgIpc) is 2.65. The van der Waals surface area contributed by atoms with Crippen LogP contribution in [0.2, 0.25) is 0 Å². The highest BCUT2D eigenvalue weighted by atomic mass is 16.4. The highest BCUT2D eigenvalue weighted by molar-refractivity contribution is 5.86. The third kappa shape index (κ3) is 4.01. The number of carbonyl (C=O) groups is 1. The van der Waals surface area contributed by atoms with E-state index in [1.165, 1.54) is 13.0 Å². The van der Waals surface area contributed by atoms with Crippen LogP contribution in [0.3, 0.4) is 0 Å². The van der Waals surface area contributed by atoms with Crippen molar-refractivity contribution in [3.05, 3.63) is 12.2 Å². The van der Waals surface area contributed by atoms with E-state index in [1.807, 2.05) is 0 Å². The lowest BCUT2D eigenvalue weighted by Gasteiger charge is -2.13. The maximum atomic E-state index is 10.5. The monoisotopic (exact) mass is 212 g/mol. The van der Waals surface area contributed by atoms with E-state index in [0.29, 0.717) is 12.5 Å². The minimum atomic E-state index is -0.913. The van der Waals surface area contributed by atoms with Crippen molar-refractivity contribution >= 4 is 5.97 Å². The van der Waals surface area contributed by atoms with Gasteiger partial charge in [0.2, 0.25) is 0 Å². The van der Waals surface area contributed by atoms with Crippen molar-refractivity contribution in [1.29, 1.82) is 0 Å². The van der Waals surface area contributed by atoms with E-state index in [9.17, 15) is 4.79 Å². The van der Waals surface area contributed by atoms with Gasteiger partial charge in [-0.1, -0.05) is 13.5 Å². The molecule has 0 spiro atoms. The van der Waals surface area contributed by atoms with Gasteiger partial charge in [0.1, 0.15) is 0 Å². The third-order valence-electron chi connectivity index (χ3n) is 2.89. The van der Waals surface area contributed by atoms with Gasteiger partial charge in [-0.3, -0.25) is 0 Å². The number of rotatable bonds is 6. The molecule has 0 amide bonds. The number of aliphatic carboxylic acids is 1. The van der Waals surface area contributed by atoms with Crippen molar-refractivity contribution in [2.45, 2.75) is 13.3 Å². The van der Waals surface area contributed by atoms with Gasteiger partial charge in [-0.2, -0.15) is 0 Å². The highest BCUT2D eigenvalue weighted by Gasteiger charge is 2.20. The SMILES string of the molecule is C=C(CNCC1CCN(CC)C1)C(=O)O. The van der Waals surface area contributed by atoms with E-state index in [4.69, 9.17) is 5.11 Å². The molecule has 0 aromatic carbocycles. The molecular weight excluding hydrogens is 192 g/mol. The molecule has 0 saturated carbocycles. The summed E-state index contributed by atoms with van der Waals surface area (Å²) in [5, 5.41) is 11.8. The van der Waals surface area contributed by atoms with E-state index in [1.54, 1.807) is 0 Å². The van der Waals surface area contributed by atoms with E-state index >= 15 is 0 Å². The number of carboxylic acids is 1. The lowest BCUT2D eigenvalue weighted by Crippen LogP contribution is -2.28. The van der Waals surface area contributed by atoms with Crippen LogP contribution in [0.5, 0.6) is 0 Å². The Morgan fingerprint density at radius 3 is 2.93 bits per heavy atom. The molecule has 0 aromatic rings. The molecule has 4 heteroatoms. The molecule has 15 heavy (non-hydrogen) atoms. The summed E-state index contributed by atoms with van der Waals surface area (Å²) in [5.74, 6) is -0.254. The van der Waals surface area contributed by atoms with Crippen LogP contribution in [-0.4, -0.2) is 48.7 Å². The molecule has 0 aliphatic carbocycles. The van der Waals surface area contributed by atoms with Crippen LogP contribution in [0.15, 0.2) is 12.2 Å². The van der Waals surface area contributed by atoms with E-state index < -0.39 is 5.97 Å². The second-order valence-electron chi connectivity index (χ2n) is 4.09. The van der Waals surface area contributed by atoms with Gasteiger partial charge in [0, 0.05) is 18.7 Å². The van der Waals surface area contributed by atoms with Gasteiger partial charge in [-0.05, 0) is 32.0 Å². The number of hydrogen-bond donors (Lipinski definition) is 2. The first kappa shape index (κ1) is 12.2. The Bertz CT molecular complexity index is 241. The minimum absolute atomic E-state index is 0.236. The molecule has 1 aliphatic rings. The van der Waals surface area contributed by atoms with Crippen LogP contribution in [0, 0.1) is 5.92 Å². The van der Waals surface area contributed by atoms with Gasteiger partial charge in [0.15, 0.2) is 0 Å². The first-order valence-electron chi connectivity index (χ1n) is 5.47. The van der Waals surface area contributed by atoms with Crippen LogP contribution < -0.4 is 5.32 Å². The van der Waals surface area contributed by atoms with Gasteiger partial charge in [0.25, 0.3) is 0 Å². The molecule has 1 heterocycles. The third-order valence-corrected chi connectivity index (χ3v) is 2.89. The molecule has 1 unspecified atom stereocenters. The molecule has 2 N–H and O–H groups in total. The quantitative estimate of drug-likeness (QED) is 0.632. The second kappa shape index (κ2) is 5.88. The Labute approximate surface area is 91.0 Å². The smallest absolute Gasteiger partial charge is 0.332 e. The number of carboxylic acid groups (broad SMARTS) is 1. The zero-order valence-corrected chi connectivity index (χ0v) is 9.33. The first-order valence-corrected chi connectivity index (χ1v) is 5.47. The number of likely N-dealkylation sites (tertiary alicyclic amines) is 1. The number of nitrogens with zero attached hydrogens (tertiary/aromatic N) is 1. The van der Waals surface area contributed by atoms with E-state index in [2.05, 4.69) is 23.7 Å². The van der Waals surface area contributed by atoms with Crippen LogP contribution in [0.1, 0.15) is 13.3 Å². The van der Waals surface area contributed by atoms with Crippen LogP contribution in [0.25, 0.3) is 0 Å². The van der Waals surface area contributed by atoms with Crippen LogP contribution in [0.4, 0.5) is 0 Å². The average molecular weight is 212 g/mol. The standard InChI is InChI=1S/C11H20N2O2/c1-3-13-5-4-10(8-13)7-12-6-9(2)11(14)15/h10,12H,2-8H2,1H3,(H,14,15). The van der Waals surface area contributed by atoms with Crippen molar-refractivity contribution in [2.24, 2.45) is 5.92 Å². The van der Waals surface area contributed by atoms with Crippen molar-refractivity contribution < 1.29 is 9.90 Å². The lowest BCUT2D eigenvalue weighted by molar-refractivity contribution is -0.132. The zero-order valence-electron chi connectivity index (χ0n) is 9.33. The topological polar surface area (TPSA) is 52.6 Å².